The lowest BCUT2D eigenvalue weighted by atomic mass is 10.1. The Labute approximate surface area is 115 Å². The first-order chi connectivity index (χ1) is 9.52. The number of hydrogen-bond acceptors (Lipinski definition) is 2. The summed E-state index contributed by atoms with van der Waals surface area (Å²) in [5.41, 5.74) is 7.07. The number of rotatable bonds is 3. The fourth-order valence-electron chi connectivity index (χ4n) is 1.90. The van der Waals surface area contributed by atoms with Crippen molar-refractivity contribution >= 4 is 17.3 Å². The molecule has 0 atom stereocenters. The van der Waals surface area contributed by atoms with E-state index in [4.69, 9.17) is 5.73 Å². The summed E-state index contributed by atoms with van der Waals surface area (Å²) in [5.74, 6) is -2.65. The van der Waals surface area contributed by atoms with Gasteiger partial charge in [0.1, 0.15) is 17.2 Å². The SMILES string of the molecule is CCc1ccc(NC(=O)c2c(F)cccc2F)cc1N. The topological polar surface area (TPSA) is 55.1 Å². The van der Waals surface area contributed by atoms with Gasteiger partial charge in [-0.3, -0.25) is 4.79 Å². The van der Waals surface area contributed by atoms with Gasteiger partial charge in [-0.05, 0) is 36.2 Å². The quantitative estimate of drug-likeness (QED) is 0.844. The van der Waals surface area contributed by atoms with Gasteiger partial charge in [-0.15, -0.1) is 0 Å². The number of benzene rings is 2. The highest BCUT2D eigenvalue weighted by atomic mass is 19.1. The van der Waals surface area contributed by atoms with E-state index in [1.54, 1.807) is 18.2 Å². The Bertz CT molecular complexity index is 636. The van der Waals surface area contributed by atoms with Gasteiger partial charge < -0.3 is 11.1 Å². The van der Waals surface area contributed by atoms with Gasteiger partial charge >= 0.3 is 0 Å². The number of nitrogens with two attached hydrogens (primary N) is 1. The van der Waals surface area contributed by atoms with Crippen molar-refractivity contribution in [1.29, 1.82) is 0 Å². The highest BCUT2D eigenvalue weighted by Gasteiger charge is 2.17. The zero-order chi connectivity index (χ0) is 14.7. The maximum Gasteiger partial charge on any atom is 0.261 e. The Morgan fingerprint density at radius 1 is 1.20 bits per heavy atom. The average molecular weight is 276 g/mol. The van der Waals surface area contributed by atoms with Crippen LogP contribution in [0.25, 0.3) is 0 Å². The van der Waals surface area contributed by atoms with E-state index in [0.29, 0.717) is 11.4 Å². The molecule has 3 nitrogen and oxygen atoms in total. The summed E-state index contributed by atoms with van der Waals surface area (Å²) in [6.45, 7) is 1.96. The first-order valence-electron chi connectivity index (χ1n) is 6.16. The Kier molecular flexibility index (Phi) is 3.98. The Morgan fingerprint density at radius 3 is 2.40 bits per heavy atom. The van der Waals surface area contributed by atoms with Crippen LogP contribution in [0.15, 0.2) is 36.4 Å². The Balaban J connectivity index is 2.26. The first-order valence-corrected chi connectivity index (χ1v) is 6.16. The second kappa shape index (κ2) is 5.69. The molecule has 0 saturated heterocycles. The summed E-state index contributed by atoms with van der Waals surface area (Å²) >= 11 is 0. The van der Waals surface area contributed by atoms with Gasteiger partial charge in [0.05, 0.1) is 0 Å². The first kappa shape index (κ1) is 14.0. The number of aryl methyl sites for hydroxylation is 1. The summed E-state index contributed by atoms with van der Waals surface area (Å²) in [6, 6.07) is 8.25. The third-order valence-corrected chi connectivity index (χ3v) is 2.97. The van der Waals surface area contributed by atoms with E-state index in [1.807, 2.05) is 6.92 Å². The zero-order valence-electron chi connectivity index (χ0n) is 10.9. The monoisotopic (exact) mass is 276 g/mol. The molecule has 3 N–H and O–H groups in total. The predicted octanol–water partition coefficient (Wildman–Crippen LogP) is 3.36. The number of nitrogens with one attached hydrogen (secondary N) is 1. The van der Waals surface area contributed by atoms with Crippen molar-refractivity contribution in [1.82, 2.24) is 0 Å². The number of anilines is 2. The molecule has 0 fully saturated rings. The second-order valence-corrected chi connectivity index (χ2v) is 4.32. The molecule has 0 heterocycles. The lowest BCUT2D eigenvalue weighted by molar-refractivity contribution is 0.101. The summed E-state index contributed by atoms with van der Waals surface area (Å²) in [7, 11) is 0. The standard InChI is InChI=1S/C15H14F2N2O/c1-2-9-6-7-10(8-13(9)18)19-15(20)14-11(16)4-3-5-12(14)17/h3-8H,2,18H2,1H3,(H,19,20). The molecule has 2 rings (SSSR count). The van der Waals surface area contributed by atoms with Gasteiger partial charge in [0, 0.05) is 11.4 Å². The fraction of sp³-hybridized carbons (Fsp3) is 0.133. The summed E-state index contributed by atoms with van der Waals surface area (Å²) in [5, 5.41) is 2.43. The molecule has 0 unspecified atom stereocenters. The number of carbonyl (C=O) groups excluding carboxylic acids is 1. The maximum atomic E-state index is 13.5. The largest absolute Gasteiger partial charge is 0.398 e. The number of halogens is 2. The summed E-state index contributed by atoms with van der Waals surface area (Å²) < 4.78 is 27.0. The van der Waals surface area contributed by atoms with Crippen LogP contribution in [-0.2, 0) is 6.42 Å². The third-order valence-electron chi connectivity index (χ3n) is 2.97. The number of nitrogen functional groups attached to an aromatic ring is 1. The van der Waals surface area contributed by atoms with Gasteiger partial charge in [0.15, 0.2) is 0 Å². The Morgan fingerprint density at radius 2 is 1.85 bits per heavy atom. The van der Waals surface area contributed by atoms with Crippen LogP contribution in [0, 0.1) is 11.6 Å². The number of amides is 1. The second-order valence-electron chi connectivity index (χ2n) is 4.32. The van der Waals surface area contributed by atoms with Crippen LogP contribution in [0.4, 0.5) is 20.2 Å². The molecular weight excluding hydrogens is 262 g/mol. The molecule has 104 valence electrons. The van der Waals surface area contributed by atoms with E-state index in [1.165, 1.54) is 6.07 Å². The van der Waals surface area contributed by atoms with Crippen molar-refractivity contribution < 1.29 is 13.6 Å². The lowest BCUT2D eigenvalue weighted by Gasteiger charge is -2.09. The molecule has 0 aliphatic rings. The molecule has 0 aromatic heterocycles. The van der Waals surface area contributed by atoms with Gasteiger partial charge in [-0.1, -0.05) is 19.1 Å². The van der Waals surface area contributed by atoms with Crippen LogP contribution >= 0.6 is 0 Å². The molecule has 2 aromatic rings. The molecule has 0 aliphatic heterocycles. The van der Waals surface area contributed by atoms with Gasteiger partial charge in [0.25, 0.3) is 5.91 Å². The van der Waals surface area contributed by atoms with Crippen molar-refractivity contribution in [3.05, 3.63) is 59.2 Å². The van der Waals surface area contributed by atoms with E-state index >= 15 is 0 Å². The normalized spacial score (nSPS) is 10.3. The van der Waals surface area contributed by atoms with Gasteiger partial charge in [-0.2, -0.15) is 0 Å². The van der Waals surface area contributed by atoms with Gasteiger partial charge in [-0.25, -0.2) is 8.78 Å². The average Bonchev–Trinajstić information content (AvgIpc) is 2.38. The minimum absolute atomic E-state index is 0.396. The molecule has 0 spiro atoms. The Hall–Kier alpha value is -2.43. The van der Waals surface area contributed by atoms with Crippen LogP contribution in [0.2, 0.25) is 0 Å². The van der Waals surface area contributed by atoms with Crippen molar-refractivity contribution in [2.75, 3.05) is 11.1 Å². The van der Waals surface area contributed by atoms with Crippen LogP contribution in [0.1, 0.15) is 22.8 Å². The van der Waals surface area contributed by atoms with Crippen LogP contribution in [0.5, 0.6) is 0 Å². The fourth-order valence-corrected chi connectivity index (χ4v) is 1.90. The van der Waals surface area contributed by atoms with Crippen molar-refractivity contribution in [2.24, 2.45) is 0 Å². The van der Waals surface area contributed by atoms with Crippen LogP contribution in [-0.4, -0.2) is 5.91 Å². The molecule has 0 radical (unpaired) electrons. The molecule has 5 heteroatoms. The van der Waals surface area contributed by atoms with Crippen molar-refractivity contribution in [2.45, 2.75) is 13.3 Å². The zero-order valence-corrected chi connectivity index (χ0v) is 10.9. The van der Waals surface area contributed by atoms with E-state index < -0.39 is 23.1 Å². The minimum atomic E-state index is -0.902. The van der Waals surface area contributed by atoms with Crippen molar-refractivity contribution in [3.8, 4) is 0 Å². The van der Waals surface area contributed by atoms with E-state index in [0.717, 1.165) is 24.1 Å². The molecule has 1 amide bonds. The highest BCUT2D eigenvalue weighted by molar-refractivity contribution is 6.04. The van der Waals surface area contributed by atoms with Crippen molar-refractivity contribution in [3.63, 3.8) is 0 Å². The lowest BCUT2D eigenvalue weighted by Crippen LogP contribution is -2.16. The smallest absolute Gasteiger partial charge is 0.261 e. The van der Waals surface area contributed by atoms with Crippen LogP contribution < -0.4 is 11.1 Å². The maximum absolute atomic E-state index is 13.5. The molecular formula is C15H14F2N2O. The van der Waals surface area contributed by atoms with Crippen LogP contribution in [0.3, 0.4) is 0 Å². The van der Waals surface area contributed by atoms with E-state index in [-0.39, 0.29) is 0 Å². The highest BCUT2D eigenvalue weighted by Crippen LogP contribution is 2.20. The molecule has 0 aliphatic carbocycles. The number of carbonyl (C=O) groups is 1. The minimum Gasteiger partial charge on any atom is -0.398 e. The third kappa shape index (κ3) is 2.77. The van der Waals surface area contributed by atoms with E-state index in [9.17, 15) is 13.6 Å². The van der Waals surface area contributed by atoms with E-state index in [2.05, 4.69) is 5.32 Å². The molecule has 2 aromatic carbocycles. The van der Waals surface area contributed by atoms with Gasteiger partial charge in [0.2, 0.25) is 0 Å². The molecule has 0 saturated carbocycles. The predicted molar refractivity (Wildman–Crippen MR) is 74.5 cm³/mol. The number of hydrogen-bond donors (Lipinski definition) is 2. The molecule has 20 heavy (non-hydrogen) atoms. The molecule has 0 bridgehead atoms. The summed E-state index contributed by atoms with van der Waals surface area (Å²) in [6.07, 6.45) is 0.766. The summed E-state index contributed by atoms with van der Waals surface area (Å²) in [4.78, 5) is 11.9.